The van der Waals surface area contributed by atoms with E-state index in [1.165, 1.54) is 6.42 Å². The molecule has 70 valence electrons. The van der Waals surface area contributed by atoms with Crippen molar-refractivity contribution in [1.29, 1.82) is 0 Å². The molecule has 2 N–H and O–H groups in total. The van der Waals surface area contributed by atoms with E-state index in [2.05, 4.69) is 6.58 Å². The van der Waals surface area contributed by atoms with Crippen LogP contribution in [-0.2, 0) is 0 Å². The molecule has 0 saturated heterocycles. The summed E-state index contributed by atoms with van der Waals surface area (Å²) >= 11 is 0. The van der Waals surface area contributed by atoms with Gasteiger partial charge in [-0.05, 0) is 25.2 Å². The van der Waals surface area contributed by atoms with Gasteiger partial charge in [-0.15, -0.1) is 0 Å². The van der Waals surface area contributed by atoms with Crippen molar-refractivity contribution in [3.8, 4) is 0 Å². The monoisotopic (exact) mass is 170 g/mol. The molecule has 0 radical (unpaired) electrons. The van der Waals surface area contributed by atoms with Crippen LogP contribution in [-0.4, -0.2) is 22.9 Å². The van der Waals surface area contributed by atoms with Gasteiger partial charge in [0.05, 0.1) is 12.7 Å². The van der Waals surface area contributed by atoms with Crippen LogP contribution in [0.5, 0.6) is 0 Å². The Balaban J connectivity index is 2.33. The van der Waals surface area contributed by atoms with Crippen molar-refractivity contribution in [2.75, 3.05) is 6.61 Å². The third-order valence-corrected chi connectivity index (χ3v) is 2.64. The van der Waals surface area contributed by atoms with Crippen LogP contribution >= 0.6 is 0 Å². The molecule has 0 heterocycles. The third kappa shape index (κ3) is 2.61. The molecule has 1 fully saturated rings. The van der Waals surface area contributed by atoms with Gasteiger partial charge in [-0.25, -0.2) is 0 Å². The molecule has 1 aliphatic rings. The zero-order chi connectivity index (χ0) is 8.97. The van der Waals surface area contributed by atoms with Gasteiger partial charge in [0.2, 0.25) is 0 Å². The zero-order valence-corrected chi connectivity index (χ0v) is 7.50. The van der Waals surface area contributed by atoms with E-state index < -0.39 is 0 Å². The van der Waals surface area contributed by atoms with Crippen molar-refractivity contribution in [3.05, 3.63) is 12.2 Å². The second kappa shape index (κ2) is 4.63. The second-order valence-corrected chi connectivity index (χ2v) is 3.72. The summed E-state index contributed by atoms with van der Waals surface area (Å²) in [6.07, 6.45) is 4.98. The molecule has 2 unspecified atom stereocenters. The molecule has 2 atom stereocenters. The van der Waals surface area contributed by atoms with E-state index in [1.54, 1.807) is 0 Å². The van der Waals surface area contributed by atoms with E-state index in [4.69, 9.17) is 5.11 Å². The van der Waals surface area contributed by atoms with Crippen molar-refractivity contribution in [2.45, 2.75) is 38.2 Å². The maximum absolute atomic E-state index is 9.59. The Morgan fingerprint density at radius 1 is 1.33 bits per heavy atom. The quantitative estimate of drug-likeness (QED) is 0.630. The highest BCUT2D eigenvalue weighted by molar-refractivity contribution is 4.97. The maximum Gasteiger partial charge on any atom is 0.0639 e. The highest BCUT2D eigenvalue weighted by Crippen LogP contribution is 2.28. The fraction of sp³-hybridized carbons (Fsp3) is 0.800. The summed E-state index contributed by atoms with van der Waals surface area (Å²) in [6, 6.07) is 0. The molecule has 2 nitrogen and oxygen atoms in total. The number of aliphatic hydroxyl groups is 2. The van der Waals surface area contributed by atoms with Gasteiger partial charge in [-0.3, -0.25) is 0 Å². The van der Waals surface area contributed by atoms with E-state index in [9.17, 15) is 5.11 Å². The lowest BCUT2D eigenvalue weighted by atomic mass is 9.83. The Morgan fingerprint density at radius 2 is 2.00 bits per heavy atom. The molecule has 1 saturated carbocycles. The normalized spacial score (nSPS) is 30.2. The topological polar surface area (TPSA) is 40.5 Å². The summed E-state index contributed by atoms with van der Waals surface area (Å²) < 4.78 is 0. The largest absolute Gasteiger partial charge is 0.393 e. The molecule has 0 aromatic heterocycles. The lowest BCUT2D eigenvalue weighted by molar-refractivity contribution is 0.0687. The predicted octanol–water partition coefficient (Wildman–Crippen LogP) is 1.48. The minimum atomic E-state index is -0.165. The summed E-state index contributed by atoms with van der Waals surface area (Å²) in [4.78, 5) is 0. The fourth-order valence-electron chi connectivity index (χ4n) is 1.86. The first-order valence-corrected chi connectivity index (χ1v) is 4.69. The van der Waals surface area contributed by atoms with Crippen molar-refractivity contribution < 1.29 is 10.2 Å². The highest BCUT2D eigenvalue weighted by Gasteiger charge is 2.22. The van der Waals surface area contributed by atoms with Gasteiger partial charge in [0.25, 0.3) is 0 Å². The lowest BCUT2D eigenvalue weighted by Crippen LogP contribution is -2.24. The smallest absolute Gasteiger partial charge is 0.0639 e. The molecule has 12 heavy (non-hydrogen) atoms. The van der Waals surface area contributed by atoms with Crippen molar-refractivity contribution >= 4 is 0 Å². The molecule has 2 heteroatoms. The number of hydrogen-bond acceptors (Lipinski definition) is 2. The predicted molar refractivity (Wildman–Crippen MR) is 48.8 cm³/mol. The minimum absolute atomic E-state index is 0.0588. The molecular weight excluding hydrogens is 152 g/mol. The summed E-state index contributed by atoms with van der Waals surface area (Å²) in [5.74, 6) is 0.346. The van der Waals surface area contributed by atoms with E-state index in [0.717, 1.165) is 31.3 Å². The molecule has 1 aliphatic carbocycles. The van der Waals surface area contributed by atoms with E-state index >= 15 is 0 Å². The minimum Gasteiger partial charge on any atom is -0.393 e. The first-order valence-electron chi connectivity index (χ1n) is 4.69. The van der Waals surface area contributed by atoms with Crippen LogP contribution in [0, 0.1) is 5.92 Å². The third-order valence-electron chi connectivity index (χ3n) is 2.64. The van der Waals surface area contributed by atoms with Gasteiger partial charge < -0.3 is 10.2 Å². The fourth-order valence-corrected chi connectivity index (χ4v) is 1.86. The number of aliphatic hydroxyl groups excluding tert-OH is 2. The van der Waals surface area contributed by atoms with Crippen LogP contribution in [0.1, 0.15) is 32.1 Å². The van der Waals surface area contributed by atoms with Gasteiger partial charge >= 0.3 is 0 Å². The molecular formula is C10H18O2. The van der Waals surface area contributed by atoms with Crippen LogP contribution < -0.4 is 0 Å². The molecule has 0 aromatic carbocycles. The highest BCUT2D eigenvalue weighted by atomic mass is 16.3. The molecule has 0 aliphatic heterocycles. The van der Waals surface area contributed by atoms with E-state index in [-0.39, 0.29) is 12.7 Å². The second-order valence-electron chi connectivity index (χ2n) is 3.72. The number of rotatable bonds is 3. The van der Waals surface area contributed by atoms with Crippen LogP contribution in [0.2, 0.25) is 0 Å². The summed E-state index contributed by atoms with van der Waals surface area (Å²) in [5, 5.41) is 18.4. The molecule has 1 rings (SSSR count). The van der Waals surface area contributed by atoms with Crippen molar-refractivity contribution in [3.63, 3.8) is 0 Å². The van der Waals surface area contributed by atoms with Gasteiger partial charge in [0.1, 0.15) is 0 Å². The Bertz CT molecular complexity index is 154. The van der Waals surface area contributed by atoms with Gasteiger partial charge in [-0.1, -0.05) is 25.0 Å². The number of hydrogen-bond donors (Lipinski definition) is 2. The van der Waals surface area contributed by atoms with Gasteiger partial charge in [0, 0.05) is 0 Å². The van der Waals surface area contributed by atoms with Gasteiger partial charge in [-0.2, -0.15) is 0 Å². The standard InChI is InChI=1S/C10H18O2/c1-8(7-11)6-9-4-2-3-5-10(9)12/h9-12H,1-7H2. The lowest BCUT2D eigenvalue weighted by Gasteiger charge is -2.27. The van der Waals surface area contributed by atoms with Crippen LogP contribution in [0.15, 0.2) is 12.2 Å². The zero-order valence-electron chi connectivity index (χ0n) is 7.50. The Hall–Kier alpha value is -0.340. The van der Waals surface area contributed by atoms with E-state index in [0.29, 0.717) is 5.92 Å². The summed E-state index contributed by atoms with van der Waals surface area (Å²) in [5.41, 5.74) is 0.848. The SMILES string of the molecule is C=C(CO)CC1CCCCC1O. The molecule has 0 amide bonds. The summed E-state index contributed by atoms with van der Waals surface area (Å²) in [6.45, 7) is 3.80. The van der Waals surface area contributed by atoms with Crippen molar-refractivity contribution in [2.24, 2.45) is 5.92 Å². The molecule has 0 aromatic rings. The van der Waals surface area contributed by atoms with Crippen molar-refractivity contribution in [1.82, 2.24) is 0 Å². The van der Waals surface area contributed by atoms with Crippen LogP contribution in [0.4, 0.5) is 0 Å². The first-order chi connectivity index (χ1) is 5.74. The average molecular weight is 170 g/mol. The molecule has 0 spiro atoms. The average Bonchev–Trinajstić information content (AvgIpc) is 2.09. The Kier molecular flexibility index (Phi) is 3.76. The Morgan fingerprint density at radius 3 is 2.58 bits per heavy atom. The maximum atomic E-state index is 9.59. The first kappa shape index (κ1) is 9.75. The summed E-state index contributed by atoms with van der Waals surface area (Å²) in [7, 11) is 0. The Labute approximate surface area is 73.9 Å². The van der Waals surface area contributed by atoms with Crippen LogP contribution in [0.3, 0.4) is 0 Å². The molecule has 0 bridgehead atoms. The van der Waals surface area contributed by atoms with Gasteiger partial charge in [0.15, 0.2) is 0 Å². The van der Waals surface area contributed by atoms with E-state index in [1.807, 2.05) is 0 Å². The van der Waals surface area contributed by atoms with Crippen LogP contribution in [0.25, 0.3) is 0 Å².